The SMILES string of the molecule is CC1(C)c2ccccc2-c2ccc(N(c3ccc4c(c3)-c3ccccc3C4(c3ccccc3)c3ccccc3)c3ccc4c(c3)C(C)(C)c3cc5c(cc3-4)C(C)(C)c3cccc(-c4ccccc4)c3-5)cc21. The van der Waals surface area contributed by atoms with Crippen molar-refractivity contribution in [3.05, 3.63) is 280 Å². The fourth-order valence-electron chi connectivity index (χ4n) is 13.9. The average Bonchev–Trinajstić information content (AvgIpc) is 4.00. The number of benzene rings is 10. The summed E-state index contributed by atoms with van der Waals surface area (Å²) in [4.78, 5) is 2.54. The summed E-state index contributed by atoms with van der Waals surface area (Å²) in [5.74, 6) is 0. The Morgan fingerprint density at radius 1 is 0.254 bits per heavy atom. The minimum absolute atomic E-state index is 0.139. The minimum Gasteiger partial charge on any atom is -0.310 e. The molecular weight excluding hydrogens is 855 g/mol. The standard InChI is InChI=1S/C70H55N/c1-67(2)58-30-18-16-27-51(58)53-36-33-48(40-62(53)67)71(47-35-38-60-55(39-47)52-28-17-19-31-59(52)70(60,45-23-12-8-13-24-45)46-25-14-9-15-26-46)49-34-37-54-56-42-65-57(43-64(56)69(5,6)63(54)41-49)66-50(44-21-10-7-11-22-44)29-20-32-61(66)68(65,3)4/h7-43H,1-6H3. The summed E-state index contributed by atoms with van der Waals surface area (Å²) in [6, 6.07) is 85.1. The molecule has 0 N–H and O–H groups in total. The van der Waals surface area contributed by atoms with Crippen molar-refractivity contribution in [2.45, 2.75) is 63.2 Å². The van der Waals surface area contributed by atoms with Gasteiger partial charge in [-0.15, -0.1) is 0 Å². The summed E-state index contributed by atoms with van der Waals surface area (Å²) in [7, 11) is 0. The van der Waals surface area contributed by atoms with E-state index in [1.807, 2.05) is 0 Å². The number of fused-ring (bicyclic) bond motifs is 12. The first-order chi connectivity index (χ1) is 34.5. The lowest BCUT2D eigenvalue weighted by Gasteiger charge is -2.34. The van der Waals surface area contributed by atoms with E-state index in [0.717, 1.165) is 17.1 Å². The Morgan fingerprint density at radius 3 is 1.30 bits per heavy atom. The predicted molar refractivity (Wildman–Crippen MR) is 297 cm³/mol. The van der Waals surface area contributed by atoms with Gasteiger partial charge < -0.3 is 4.90 Å². The van der Waals surface area contributed by atoms with E-state index in [9.17, 15) is 0 Å². The first-order valence-corrected chi connectivity index (χ1v) is 25.4. The number of anilines is 3. The molecule has 0 unspecified atom stereocenters. The van der Waals surface area contributed by atoms with E-state index < -0.39 is 5.41 Å². The van der Waals surface area contributed by atoms with Gasteiger partial charge in [-0.1, -0.05) is 217 Å². The molecule has 0 saturated heterocycles. The molecule has 0 aromatic heterocycles. The van der Waals surface area contributed by atoms with E-state index in [2.05, 4.69) is 271 Å². The van der Waals surface area contributed by atoms with Crippen molar-refractivity contribution >= 4 is 17.1 Å². The third kappa shape index (κ3) is 5.64. The van der Waals surface area contributed by atoms with Crippen molar-refractivity contribution in [1.82, 2.24) is 0 Å². The van der Waals surface area contributed by atoms with Crippen LogP contribution in [-0.2, 0) is 21.7 Å². The Hall–Kier alpha value is -8.00. The molecule has 0 fully saturated rings. The zero-order valence-corrected chi connectivity index (χ0v) is 41.3. The third-order valence-corrected chi connectivity index (χ3v) is 17.3. The van der Waals surface area contributed by atoms with Gasteiger partial charge in [0.1, 0.15) is 0 Å². The third-order valence-electron chi connectivity index (χ3n) is 17.3. The van der Waals surface area contributed by atoms with Crippen LogP contribution in [0.25, 0.3) is 55.6 Å². The van der Waals surface area contributed by atoms with E-state index in [4.69, 9.17) is 0 Å². The lowest BCUT2D eigenvalue weighted by atomic mass is 9.68. The van der Waals surface area contributed by atoms with Crippen LogP contribution in [0.2, 0.25) is 0 Å². The first kappa shape index (κ1) is 41.9. The molecule has 1 heteroatoms. The van der Waals surface area contributed by atoms with Gasteiger partial charge in [-0.3, -0.25) is 0 Å². The molecule has 0 atom stereocenters. The average molecular weight is 910 g/mol. The van der Waals surface area contributed by atoms with Crippen LogP contribution in [0.1, 0.15) is 97.2 Å². The van der Waals surface area contributed by atoms with Crippen molar-refractivity contribution < 1.29 is 0 Å². The van der Waals surface area contributed by atoms with Gasteiger partial charge in [-0.05, 0) is 160 Å². The summed E-state index contributed by atoms with van der Waals surface area (Å²) >= 11 is 0. The van der Waals surface area contributed by atoms with E-state index in [0.29, 0.717) is 0 Å². The highest BCUT2D eigenvalue weighted by Gasteiger charge is 2.47. The molecule has 0 aliphatic heterocycles. The van der Waals surface area contributed by atoms with Crippen LogP contribution in [0.5, 0.6) is 0 Å². The Kier molecular flexibility index (Phi) is 8.72. The van der Waals surface area contributed by atoms with Crippen molar-refractivity contribution in [1.29, 1.82) is 0 Å². The largest absolute Gasteiger partial charge is 0.310 e. The molecule has 0 bridgehead atoms. The Labute approximate surface area is 418 Å². The fourth-order valence-corrected chi connectivity index (χ4v) is 13.9. The quantitative estimate of drug-likeness (QED) is 0.161. The second-order valence-corrected chi connectivity index (χ2v) is 22.0. The highest BCUT2D eigenvalue weighted by Crippen LogP contribution is 2.61. The monoisotopic (exact) mass is 909 g/mol. The number of nitrogens with zero attached hydrogens (tertiary/aromatic N) is 1. The fraction of sp³-hybridized carbons (Fsp3) is 0.143. The Bertz CT molecular complexity index is 3790. The van der Waals surface area contributed by atoms with Gasteiger partial charge in [0.25, 0.3) is 0 Å². The van der Waals surface area contributed by atoms with Crippen LogP contribution in [-0.4, -0.2) is 0 Å². The Morgan fingerprint density at radius 2 is 0.648 bits per heavy atom. The van der Waals surface area contributed by atoms with E-state index in [1.54, 1.807) is 0 Å². The highest BCUT2D eigenvalue weighted by atomic mass is 15.1. The van der Waals surface area contributed by atoms with Crippen molar-refractivity contribution in [2.75, 3.05) is 4.90 Å². The van der Waals surface area contributed by atoms with Gasteiger partial charge in [0.2, 0.25) is 0 Å². The molecule has 0 saturated carbocycles. The van der Waals surface area contributed by atoms with Crippen LogP contribution >= 0.6 is 0 Å². The molecule has 14 rings (SSSR count). The molecule has 10 aromatic carbocycles. The van der Waals surface area contributed by atoms with Gasteiger partial charge in [-0.25, -0.2) is 0 Å². The lowest BCUT2D eigenvalue weighted by Crippen LogP contribution is -2.28. The lowest BCUT2D eigenvalue weighted by molar-refractivity contribution is 0.652. The maximum Gasteiger partial charge on any atom is 0.0713 e. The molecule has 1 nitrogen and oxygen atoms in total. The highest BCUT2D eigenvalue weighted by molar-refractivity contribution is 5.97. The summed E-state index contributed by atoms with van der Waals surface area (Å²) in [6.45, 7) is 14.5. The second kappa shape index (κ2) is 14.8. The molecule has 0 heterocycles. The zero-order chi connectivity index (χ0) is 48.0. The molecule has 4 aliphatic carbocycles. The number of hydrogen-bond donors (Lipinski definition) is 0. The normalized spacial score (nSPS) is 15.9. The molecule has 71 heavy (non-hydrogen) atoms. The van der Waals surface area contributed by atoms with Gasteiger partial charge in [0, 0.05) is 33.3 Å². The zero-order valence-electron chi connectivity index (χ0n) is 41.3. The molecule has 0 spiro atoms. The molecular formula is C70H55N. The first-order valence-electron chi connectivity index (χ1n) is 25.4. The summed E-state index contributed by atoms with van der Waals surface area (Å²) in [5.41, 5.74) is 29.2. The van der Waals surface area contributed by atoms with Crippen LogP contribution < -0.4 is 4.90 Å². The second-order valence-electron chi connectivity index (χ2n) is 22.0. The van der Waals surface area contributed by atoms with Gasteiger partial charge >= 0.3 is 0 Å². The summed E-state index contributed by atoms with van der Waals surface area (Å²) < 4.78 is 0. The smallest absolute Gasteiger partial charge is 0.0713 e. The van der Waals surface area contributed by atoms with Crippen molar-refractivity contribution in [3.8, 4) is 55.6 Å². The minimum atomic E-state index is -0.470. The van der Waals surface area contributed by atoms with Crippen molar-refractivity contribution in [2.24, 2.45) is 0 Å². The van der Waals surface area contributed by atoms with Crippen LogP contribution in [0.3, 0.4) is 0 Å². The van der Waals surface area contributed by atoms with Crippen LogP contribution in [0.15, 0.2) is 224 Å². The number of hydrogen-bond acceptors (Lipinski definition) is 1. The summed E-state index contributed by atoms with van der Waals surface area (Å²) in [5, 5.41) is 0. The maximum absolute atomic E-state index is 2.56. The molecule has 0 radical (unpaired) electrons. The van der Waals surface area contributed by atoms with Crippen LogP contribution in [0, 0.1) is 0 Å². The van der Waals surface area contributed by atoms with E-state index >= 15 is 0 Å². The topological polar surface area (TPSA) is 3.24 Å². The predicted octanol–water partition coefficient (Wildman–Crippen LogP) is 18.1. The number of rotatable bonds is 6. The van der Waals surface area contributed by atoms with Crippen molar-refractivity contribution in [3.63, 3.8) is 0 Å². The van der Waals surface area contributed by atoms with Gasteiger partial charge in [0.05, 0.1) is 5.41 Å². The summed E-state index contributed by atoms with van der Waals surface area (Å²) in [6.07, 6.45) is 0. The molecule has 4 aliphatic rings. The van der Waals surface area contributed by atoms with E-state index in [1.165, 1.54) is 111 Å². The molecule has 340 valence electrons. The Balaban J connectivity index is 0.967. The van der Waals surface area contributed by atoms with Crippen LogP contribution in [0.4, 0.5) is 17.1 Å². The van der Waals surface area contributed by atoms with E-state index in [-0.39, 0.29) is 16.2 Å². The molecule has 0 amide bonds. The van der Waals surface area contributed by atoms with Gasteiger partial charge in [0.15, 0.2) is 0 Å². The van der Waals surface area contributed by atoms with Gasteiger partial charge in [-0.2, -0.15) is 0 Å². The maximum atomic E-state index is 2.56. The molecule has 10 aromatic rings.